The topological polar surface area (TPSA) is 51.8 Å². The molecule has 0 saturated heterocycles. The maximum atomic E-state index is 13.2. The Bertz CT molecular complexity index is 744. The third kappa shape index (κ3) is 3.40. The van der Waals surface area contributed by atoms with Crippen molar-refractivity contribution < 1.29 is 4.39 Å². The Labute approximate surface area is 130 Å². The van der Waals surface area contributed by atoms with E-state index in [9.17, 15) is 4.39 Å². The Morgan fingerprint density at radius 3 is 2.95 bits per heavy atom. The number of halogens is 1. The molecular weight excluding hydrogens is 305 g/mol. The number of rotatable bonds is 4. The second-order valence-electron chi connectivity index (χ2n) is 4.33. The van der Waals surface area contributed by atoms with Gasteiger partial charge in [-0.25, -0.2) is 9.37 Å². The van der Waals surface area contributed by atoms with E-state index >= 15 is 0 Å². The minimum absolute atomic E-state index is 0.279. The smallest absolute Gasteiger partial charge is 0.142 e. The van der Waals surface area contributed by atoms with Gasteiger partial charge in [-0.3, -0.25) is 4.98 Å². The Kier molecular flexibility index (Phi) is 4.17. The van der Waals surface area contributed by atoms with Gasteiger partial charge in [0.25, 0.3) is 0 Å². The van der Waals surface area contributed by atoms with Crippen LogP contribution in [0.5, 0.6) is 0 Å². The lowest BCUT2D eigenvalue weighted by molar-refractivity contribution is 0.624. The second-order valence-corrected chi connectivity index (χ2v) is 6.21. The van der Waals surface area contributed by atoms with Gasteiger partial charge in [0.1, 0.15) is 10.8 Å². The highest BCUT2D eigenvalue weighted by Crippen LogP contribution is 2.30. The zero-order valence-electron chi connectivity index (χ0n) is 11.0. The number of aromatic nitrogens is 2. The van der Waals surface area contributed by atoms with E-state index < -0.39 is 0 Å². The molecule has 0 amide bonds. The van der Waals surface area contributed by atoms with Crippen LogP contribution in [0.4, 0.5) is 10.1 Å². The fourth-order valence-corrected chi connectivity index (χ4v) is 3.55. The number of pyridine rings is 1. The number of hydrogen-bond acceptors (Lipinski definition) is 5. The third-order valence-corrected chi connectivity index (χ3v) is 4.81. The van der Waals surface area contributed by atoms with Crippen molar-refractivity contribution in [3.05, 3.63) is 59.5 Å². The monoisotopic (exact) mass is 317 g/mol. The lowest BCUT2D eigenvalue weighted by atomic mass is 10.3. The van der Waals surface area contributed by atoms with Crippen molar-refractivity contribution in [2.75, 3.05) is 5.73 Å². The van der Waals surface area contributed by atoms with Crippen molar-refractivity contribution in [1.29, 1.82) is 0 Å². The SMILES string of the molecule is Nc1ccc(F)cc1SCc1csc(-c2ccccn2)n1. The molecule has 0 aliphatic carbocycles. The van der Waals surface area contributed by atoms with Crippen LogP contribution >= 0.6 is 23.1 Å². The van der Waals surface area contributed by atoms with E-state index in [1.807, 2.05) is 23.6 Å². The molecule has 21 heavy (non-hydrogen) atoms. The number of hydrogen-bond donors (Lipinski definition) is 1. The van der Waals surface area contributed by atoms with Crippen molar-refractivity contribution in [3.63, 3.8) is 0 Å². The van der Waals surface area contributed by atoms with Gasteiger partial charge in [0.15, 0.2) is 0 Å². The quantitative estimate of drug-likeness (QED) is 0.578. The molecule has 2 aromatic heterocycles. The summed E-state index contributed by atoms with van der Waals surface area (Å²) in [5, 5.41) is 2.88. The summed E-state index contributed by atoms with van der Waals surface area (Å²) < 4.78 is 13.2. The number of thiazole rings is 1. The molecule has 1 aromatic carbocycles. The van der Waals surface area contributed by atoms with Gasteiger partial charge in [0, 0.05) is 27.9 Å². The van der Waals surface area contributed by atoms with Crippen LogP contribution in [0.2, 0.25) is 0 Å². The first-order chi connectivity index (χ1) is 10.2. The molecular formula is C15H12FN3S2. The molecule has 0 bridgehead atoms. The minimum Gasteiger partial charge on any atom is -0.398 e. The summed E-state index contributed by atoms with van der Waals surface area (Å²) in [6, 6.07) is 10.1. The molecule has 3 nitrogen and oxygen atoms in total. The molecule has 2 N–H and O–H groups in total. The van der Waals surface area contributed by atoms with Gasteiger partial charge in [0.05, 0.1) is 11.4 Å². The zero-order valence-corrected chi connectivity index (χ0v) is 12.6. The largest absolute Gasteiger partial charge is 0.398 e. The molecule has 106 valence electrons. The van der Waals surface area contributed by atoms with Crippen LogP contribution in [-0.4, -0.2) is 9.97 Å². The number of nitrogens with zero attached hydrogens (tertiary/aromatic N) is 2. The third-order valence-electron chi connectivity index (χ3n) is 2.79. The number of anilines is 1. The lowest BCUT2D eigenvalue weighted by Gasteiger charge is -2.03. The number of thioether (sulfide) groups is 1. The van der Waals surface area contributed by atoms with Crippen LogP contribution in [0.3, 0.4) is 0 Å². The van der Waals surface area contributed by atoms with Gasteiger partial charge >= 0.3 is 0 Å². The molecule has 0 atom stereocenters. The van der Waals surface area contributed by atoms with Crippen LogP contribution in [0.15, 0.2) is 52.9 Å². The van der Waals surface area contributed by atoms with Gasteiger partial charge in [-0.1, -0.05) is 6.07 Å². The normalized spacial score (nSPS) is 10.7. The van der Waals surface area contributed by atoms with E-state index in [1.54, 1.807) is 23.6 Å². The molecule has 0 aliphatic rings. The fraction of sp³-hybridized carbons (Fsp3) is 0.0667. The van der Waals surface area contributed by atoms with Crippen LogP contribution in [0, 0.1) is 5.82 Å². The molecule has 0 unspecified atom stereocenters. The molecule has 0 saturated carbocycles. The van der Waals surface area contributed by atoms with Crippen LogP contribution in [0.1, 0.15) is 5.69 Å². The Morgan fingerprint density at radius 1 is 1.24 bits per heavy atom. The van der Waals surface area contributed by atoms with Gasteiger partial charge < -0.3 is 5.73 Å². The van der Waals surface area contributed by atoms with E-state index in [2.05, 4.69) is 9.97 Å². The first-order valence-corrected chi connectivity index (χ1v) is 8.12. The molecule has 0 aliphatic heterocycles. The van der Waals surface area contributed by atoms with E-state index in [0.29, 0.717) is 11.4 Å². The van der Waals surface area contributed by atoms with Gasteiger partial charge in [-0.05, 0) is 30.3 Å². The predicted molar refractivity (Wildman–Crippen MR) is 85.7 cm³/mol. The summed E-state index contributed by atoms with van der Waals surface area (Å²) >= 11 is 3.03. The molecule has 0 spiro atoms. The minimum atomic E-state index is -0.279. The van der Waals surface area contributed by atoms with Crippen LogP contribution < -0.4 is 5.73 Å². The summed E-state index contributed by atoms with van der Waals surface area (Å²) in [7, 11) is 0. The van der Waals surface area contributed by atoms with Crippen LogP contribution in [-0.2, 0) is 5.75 Å². The van der Waals surface area contributed by atoms with Gasteiger partial charge in [0.2, 0.25) is 0 Å². The molecule has 0 radical (unpaired) electrons. The highest BCUT2D eigenvalue weighted by Gasteiger charge is 2.07. The highest BCUT2D eigenvalue weighted by molar-refractivity contribution is 7.98. The summed E-state index contributed by atoms with van der Waals surface area (Å²) in [6.45, 7) is 0. The van der Waals surface area contributed by atoms with Crippen molar-refractivity contribution in [2.45, 2.75) is 10.6 Å². The van der Waals surface area contributed by atoms with Crippen molar-refractivity contribution in [1.82, 2.24) is 9.97 Å². The van der Waals surface area contributed by atoms with Crippen molar-refractivity contribution in [2.24, 2.45) is 0 Å². The predicted octanol–water partition coefficient (Wildman–Crippen LogP) is 4.22. The van der Waals surface area contributed by atoms with Gasteiger partial charge in [-0.15, -0.1) is 23.1 Å². The average Bonchev–Trinajstić information content (AvgIpc) is 2.98. The van der Waals surface area contributed by atoms with E-state index in [1.165, 1.54) is 23.9 Å². The Morgan fingerprint density at radius 2 is 2.14 bits per heavy atom. The van der Waals surface area contributed by atoms with E-state index in [4.69, 9.17) is 5.73 Å². The Balaban J connectivity index is 1.72. The maximum absolute atomic E-state index is 13.2. The number of benzene rings is 1. The first-order valence-electron chi connectivity index (χ1n) is 6.26. The maximum Gasteiger partial charge on any atom is 0.142 e. The fourth-order valence-electron chi connectivity index (χ4n) is 1.77. The summed E-state index contributed by atoms with van der Waals surface area (Å²) in [5.74, 6) is 0.371. The molecule has 3 aromatic rings. The molecule has 6 heteroatoms. The lowest BCUT2D eigenvalue weighted by Crippen LogP contribution is -1.90. The first kappa shape index (κ1) is 14.0. The zero-order chi connectivity index (χ0) is 14.7. The van der Waals surface area contributed by atoms with E-state index in [0.717, 1.165) is 21.3 Å². The Hall–Kier alpha value is -1.92. The van der Waals surface area contributed by atoms with Gasteiger partial charge in [-0.2, -0.15) is 0 Å². The number of nitrogen functional groups attached to an aromatic ring is 1. The molecule has 0 fully saturated rings. The standard InChI is InChI=1S/C15H12FN3S2/c16-10-4-5-12(17)14(7-10)20-8-11-9-21-15(19-11)13-3-1-2-6-18-13/h1-7,9H,8,17H2. The summed E-state index contributed by atoms with van der Waals surface area (Å²) in [6.07, 6.45) is 1.75. The molecule has 3 rings (SSSR count). The average molecular weight is 317 g/mol. The van der Waals surface area contributed by atoms with Crippen molar-refractivity contribution in [3.8, 4) is 10.7 Å². The molecule has 2 heterocycles. The summed E-state index contributed by atoms with van der Waals surface area (Å²) in [4.78, 5) is 9.56. The van der Waals surface area contributed by atoms with E-state index in [-0.39, 0.29) is 5.82 Å². The summed E-state index contributed by atoms with van der Waals surface area (Å²) in [5.41, 5.74) is 8.22. The second kappa shape index (κ2) is 6.24. The van der Waals surface area contributed by atoms with Crippen molar-refractivity contribution >= 4 is 28.8 Å². The van der Waals surface area contributed by atoms with Crippen LogP contribution in [0.25, 0.3) is 10.7 Å². The number of nitrogens with two attached hydrogens (primary N) is 1. The highest BCUT2D eigenvalue weighted by atomic mass is 32.2.